The fraction of sp³-hybridized carbons (Fsp3) is 0.818. The number of carboxylic acid groups (broad SMARTS) is 1. The highest BCUT2D eigenvalue weighted by Gasteiger charge is 2.25. The maximum Gasteiger partial charge on any atom is 0.407 e. The third-order valence-corrected chi connectivity index (χ3v) is 2.65. The van der Waals surface area contributed by atoms with Crippen LogP contribution in [0, 0.1) is 5.92 Å². The van der Waals surface area contributed by atoms with Crippen molar-refractivity contribution in [2.24, 2.45) is 5.92 Å². The summed E-state index contributed by atoms with van der Waals surface area (Å²) >= 11 is 0. The van der Waals surface area contributed by atoms with Crippen molar-refractivity contribution in [3.63, 3.8) is 0 Å². The smallest absolute Gasteiger partial charge is 0.407 e. The first-order valence-corrected chi connectivity index (χ1v) is 6.43. The molecule has 0 rings (SSSR count). The molecule has 0 saturated heterocycles. The van der Waals surface area contributed by atoms with Crippen LogP contribution in [0.2, 0.25) is 0 Å². The molecule has 0 heterocycles. The van der Waals surface area contributed by atoms with E-state index in [1.54, 1.807) is 6.92 Å². The molecule has 2 atom stereocenters. The van der Waals surface area contributed by atoms with E-state index in [4.69, 9.17) is 25.0 Å². The maximum atomic E-state index is 11.4. The second kappa shape index (κ2) is 11.2. The molecular formula is C11H22N2O8. The molecule has 0 aromatic carbocycles. The Morgan fingerprint density at radius 2 is 1.81 bits per heavy atom. The highest BCUT2D eigenvalue weighted by atomic mass is 17.1. The molecular weight excluding hydrogens is 288 g/mol. The van der Waals surface area contributed by atoms with Crippen LogP contribution in [0.15, 0.2) is 0 Å². The summed E-state index contributed by atoms with van der Waals surface area (Å²) in [5, 5.41) is 27.2. The molecule has 0 aliphatic heterocycles. The molecule has 0 saturated carbocycles. The van der Waals surface area contributed by atoms with Gasteiger partial charge < -0.3 is 19.9 Å². The Balaban J connectivity index is 3.76. The number of carboxylic acids is 1. The van der Waals surface area contributed by atoms with E-state index in [0.717, 1.165) is 0 Å². The predicted octanol–water partition coefficient (Wildman–Crippen LogP) is 0.241. The topological polar surface area (TPSA) is 138 Å². The minimum Gasteiger partial charge on any atom is -0.480 e. The van der Waals surface area contributed by atoms with Crippen molar-refractivity contribution >= 4 is 12.1 Å². The Morgan fingerprint density at radius 1 is 1.19 bits per heavy atom. The van der Waals surface area contributed by atoms with Crippen molar-refractivity contribution in [2.75, 3.05) is 26.4 Å². The van der Waals surface area contributed by atoms with E-state index in [9.17, 15) is 9.59 Å². The van der Waals surface area contributed by atoms with Gasteiger partial charge in [-0.25, -0.2) is 14.4 Å². The van der Waals surface area contributed by atoms with E-state index in [-0.39, 0.29) is 32.3 Å². The maximum absolute atomic E-state index is 11.4. The van der Waals surface area contributed by atoms with Crippen molar-refractivity contribution in [2.45, 2.75) is 26.3 Å². The average molecular weight is 310 g/mol. The summed E-state index contributed by atoms with van der Waals surface area (Å²) in [6.45, 7) is 3.51. The number of rotatable bonds is 11. The molecule has 0 fully saturated rings. The summed E-state index contributed by atoms with van der Waals surface area (Å²) in [4.78, 5) is 26.6. The molecule has 0 aromatic rings. The van der Waals surface area contributed by atoms with Gasteiger partial charge in [-0.1, -0.05) is 20.3 Å². The number of hydrogen-bond donors (Lipinski definition) is 4. The molecule has 1 amide bonds. The number of carbonyl (C=O) groups excluding carboxylic acids is 1. The van der Waals surface area contributed by atoms with Gasteiger partial charge in [0.2, 0.25) is 0 Å². The van der Waals surface area contributed by atoms with Crippen LogP contribution in [0.5, 0.6) is 0 Å². The van der Waals surface area contributed by atoms with Crippen LogP contribution in [0.3, 0.4) is 0 Å². The van der Waals surface area contributed by atoms with Crippen LogP contribution in [-0.2, 0) is 19.1 Å². The van der Waals surface area contributed by atoms with E-state index in [0.29, 0.717) is 6.42 Å². The van der Waals surface area contributed by atoms with Gasteiger partial charge >= 0.3 is 12.1 Å². The third kappa shape index (κ3) is 9.98. The number of carbonyl (C=O) groups is 2. The van der Waals surface area contributed by atoms with E-state index >= 15 is 0 Å². The lowest BCUT2D eigenvalue weighted by Crippen LogP contribution is -2.45. The van der Waals surface area contributed by atoms with Gasteiger partial charge in [-0.05, 0) is 5.92 Å². The zero-order valence-corrected chi connectivity index (χ0v) is 12.0. The number of amides is 1. The lowest BCUT2D eigenvalue weighted by Gasteiger charge is -2.19. The van der Waals surface area contributed by atoms with Crippen molar-refractivity contribution in [1.82, 2.24) is 10.7 Å². The van der Waals surface area contributed by atoms with Crippen LogP contribution < -0.4 is 5.32 Å². The summed E-state index contributed by atoms with van der Waals surface area (Å²) in [6, 6.07) is -1.00. The van der Waals surface area contributed by atoms with E-state index in [1.165, 1.54) is 0 Å². The fourth-order valence-electron chi connectivity index (χ4n) is 1.32. The molecule has 10 heteroatoms. The summed E-state index contributed by atoms with van der Waals surface area (Å²) in [5.41, 5.74) is 0. The van der Waals surface area contributed by atoms with Gasteiger partial charge in [0, 0.05) is 0 Å². The van der Waals surface area contributed by atoms with Crippen LogP contribution in [0.25, 0.3) is 0 Å². The monoisotopic (exact) mass is 310 g/mol. The molecule has 0 aromatic heterocycles. The standard InChI is InChI=1S/C11H22N2O8/c1-3-8(2)9(10(14)15)12-11(16)20-6-4-19-5-7-21-13(17)18/h8-9,17-18H,3-7H2,1-2H3,(H,12,16)(H,14,15). The molecule has 124 valence electrons. The summed E-state index contributed by atoms with van der Waals surface area (Å²) in [7, 11) is 0. The van der Waals surface area contributed by atoms with E-state index in [2.05, 4.69) is 10.2 Å². The van der Waals surface area contributed by atoms with E-state index < -0.39 is 23.5 Å². The Bertz CT molecular complexity index is 313. The molecule has 21 heavy (non-hydrogen) atoms. The fourth-order valence-corrected chi connectivity index (χ4v) is 1.32. The second-order valence-corrected chi connectivity index (χ2v) is 4.18. The number of hydrogen-bond acceptors (Lipinski definition) is 8. The molecule has 0 spiro atoms. The highest BCUT2D eigenvalue weighted by Crippen LogP contribution is 2.07. The quantitative estimate of drug-likeness (QED) is 0.312. The molecule has 2 unspecified atom stereocenters. The van der Waals surface area contributed by atoms with E-state index in [1.807, 2.05) is 6.92 Å². The first-order valence-electron chi connectivity index (χ1n) is 6.43. The predicted molar refractivity (Wildman–Crippen MR) is 67.5 cm³/mol. The van der Waals surface area contributed by atoms with Crippen LogP contribution in [-0.4, -0.2) is 65.4 Å². The Kier molecular flexibility index (Phi) is 10.4. The van der Waals surface area contributed by atoms with Crippen molar-refractivity contribution in [3.8, 4) is 0 Å². The molecule has 0 aliphatic rings. The third-order valence-electron chi connectivity index (χ3n) is 2.65. The average Bonchev–Trinajstić information content (AvgIpc) is 2.42. The minimum absolute atomic E-state index is 0.0627. The normalized spacial score (nSPS) is 13.8. The minimum atomic E-state index is -1.12. The van der Waals surface area contributed by atoms with Crippen LogP contribution in [0.4, 0.5) is 4.79 Å². The number of nitrogens with one attached hydrogen (secondary N) is 1. The first kappa shape index (κ1) is 19.5. The molecule has 4 N–H and O–H groups in total. The Morgan fingerprint density at radius 3 is 2.33 bits per heavy atom. The zero-order chi connectivity index (χ0) is 16.3. The largest absolute Gasteiger partial charge is 0.480 e. The summed E-state index contributed by atoms with van der Waals surface area (Å²) in [6.07, 6.45) is -0.230. The SMILES string of the molecule is CCC(C)C(NC(=O)OCCOCCON(O)O)C(=O)O. The number of aliphatic carboxylic acids is 1. The summed E-state index contributed by atoms with van der Waals surface area (Å²) < 4.78 is 9.72. The lowest BCUT2D eigenvalue weighted by atomic mass is 10.00. The summed E-state index contributed by atoms with van der Waals surface area (Å²) in [5.74, 6) is -1.34. The highest BCUT2D eigenvalue weighted by molar-refractivity contribution is 5.80. The van der Waals surface area contributed by atoms with Gasteiger partial charge in [-0.3, -0.25) is 10.4 Å². The van der Waals surface area contributed by atoms with Gasteiger partial charge in [0.1, 0.15) is 12.6 Å². The van der Waals surface area contributed by atoms with Crippen molar-refractivity contribution in [3.05, 3.63) is 0 Å². The second-order valence-electron chi connectivity index (χ2n) is 4.18. The number of nitrogens with zero attached hydrogens (tertiary/aromatic N) is 1. The molecule has 0 bridgehead atoms. The molecule has 0 radical (unpaired) electrons. The van der Waals surface area contributed by atoms with Crippen molar-refractivity contribution in [1.29, 1.82) is 0 Å². The van der Waals surface area contributed by atoms with Gasteiger partial charge in [0.05, 0.1) is 25.2 Å². The van der Waals surface area contributed by atoms with Gasteiger partial charge in [-0.15, -0.1) is 0 Å². The van der Waals surface area contributed by atoms with Gasteiger partial charge in [-0.2, -0.15) is 0 Å². The Hall–Kier alpha value is -1.46. The van der Waals surface area contributed by atoms with Crippen LogP contribution >= 0.6 is 0 Å². The zero-order valence-electron chi connectivity index (χ0n) is 12.0. The van der Waals surface area contributed by atoms with Crippen molar-refractivity contribution < 1.29 is 39.4 Å². The lowest BCUT2D eigenvalue weighted by molar-refractivity contribution is -0.493. The van der Waals surface area contributed by atoms with Gasteiger partial charge in [0.25, 0.3) is 0 Å². The Labute approximate surface area is 122 Å². The molecule has 10 nitrogen and oxygen atoms in total. The molecule has 0 aliphatic carbocycles. The van der Waals surface area contributed by atoms with Crippen LogP contribution in [0.1, 0.15) is 20.3 Å². The van der Waals surface area contributed by atoms with Gasteiger partial charge in [0.15, 0.2) is 0 Å². The first-order chi connectivity index (χ1) is 9.88. The number of ether oxygens (including phenoxy) is 2. The number of alkyl carbamates (subject to hydrolysis) is 1.